The molecule has 3 rings (SSSR count). The first kappa shape index (κ1) is 16.9. The maximum Gasteiger partial charge on any atom is 0.253 e. The lowest BCUT2D eigenvalue weighted by atomic mass is 9.82. The number of hydrogen-bond acceptors (Lipinski definition) is 6. The van der Waals surface area contributed by atoms with Crippen LogP contribution >= 0.6 is 11.6 Å². The number of fused-ring (bicyclic) bond motifs is 1. The molecule has 0 spiro atoms. The standard InChI is InChI=1S/C18H13ClN2O4/c19-18(25)9-2-1-8(20)7-11(9)17(24)10-3-4-12(21)16-14(23)6-5-13(22)15(10)16/h1-4,7H,5-6,20-21H2. The zero-order chi connectivity index (χ0) is 18.3. The molecule has 0 atom stereocenters. The molecule has 126 valence electrons. The predicted octanol–water partition coefficient (Wildman–Crippen LogP) is 2.62. The van der Waals surface area contributed by atoms with Gasteiger partial charge in [-0.05, 0) is 41.9 Å². The second-order valence-corrected chi connectivity index (χ2v) is 6.05. The Kier molecular flexibility index (Phi) is 4.14. The van der Waals surface area contributed by atoms with Crippen molar-refractivity contribution in [2.24, 2.45) is 0 Å². The molecule has 2 aromatic carbocycles. The number of anilines is 2. The summed E-state index contributed by atoms with van der Waals surface area (Å²) < 4.78 is 0. The van der Waals surface area contributed by atoms with E-state index in [-0.39, 0.29) is 63.6 Å². The molecule has 0 aromatic heterocycles. The molecule has 0 fully saturated rings. The fourth-order valence-corrected chi connectivity index (χ4v) is 3.11. The van der Waals surface area contributed by atoms with Crippen molar-refractivity contribution in [2.75, 3.05) is 11.5 Å². The third-order valence-electron chi connectivity index (χ3n) is 4.12. The SMILES string of the molecule is Nc1ccc(C(=O)Cl)c(C(=O)c2ccc(N)c3c2C(=O)CCC3=O)c1. The summed E-state index contributed by atoms with van der Waals surface area (Å²) in [6.45, 7) is 0. The number of carbonyl (C=O) groups excluding carboxylic acids is 4. The lowest BCUT2D eigenvalue weighted by Gasteiger charge is -2.19. The van der Waals surface area contributed by atoms with Crippen LogP contribution in [-0.2, 0) is 0 Å². The lowest BCUT2D eigenvalue weighted by molar-refractivity contribution is 0.0887. The number of ketones is 3. The van der Waals surface area contributed by atoms with Crippen molar-refractivity contribution in [3.05, 3.63) is 58.1 Å². The van der Waals surface area contributed by atoms with E-state index in [2.05, 4.69) is 0 Å². The summed E-state index contributed by atoms with van der Waals surface area (Å²) in [7, 11) is 0. The van der Waals surface area contributed by atoms with Gasteiger partial charge in [-0.3, -0.25) is 19.2 Å². The van der Waals surface area contributed by atoms with Crippen LogP contribution in [0.15, 0.2) is 30.3 Å². The van der Waals surface area contributed by atoms with Crippen molar-refractivity contribution in [3.8, 4) is 0 Å². The molecule has 25 heavy (non-hydrogen) atoms. The van der Waals surface area contributed by atoms with E-state index in [4.69, 9.17) is 23.1 Å². The minimum atomic E-state index is -0.824. The molecular formula is C18H13ClN2O4. The minimum Gasteiger partial charge on any atom is -0.399 e. The van der Waals surface area contributed by atoms with Crippen LogP contribution in [0.1, 0.15) is 59.8 Å². The van der Waals surface area contributed by atoms with Gasteiger partial charge < -0.3 is 11.5 Å². The van der Waals surface area contributed by atoms with Gasteiger partial charge >= 0.3 is 0 Å². The summed E-state index contributed by atoms with van der Waals surface area (Å²) in [6, 6.07) is 6.87. The van der Waals surface area contributed by atoms with Crippen LogP contribution in [0, 0.1) is 0 Å². The van der Waals surface area contributed by atoms with E-state index in [1.54, 1.807) is 0 Å². The summed E-state index contributed by atoms with van der Waals surface area (Å²) in [5.41, 5.74) is 11.9. The second kappa shape index (κ2) is 6.14. The van der Waals surface area contributed by atoms with Gasteiger partial charge in [0.25, 0.3) is 5.24 Å². The molecule has 4 N–H and O–H groups in total. The molecule has 0 saturated heterocycles. The third kappa shape index (κ3) is 2.81. The zero-order valence-electron chi connectivity index (χ0n) is 13.0. The molecular weight excluding hydrogens is 344 g/mol. The molecule has 0 aliphatic heterocycles. The Balaban J connectivity index is 2.26. The molecule has 1 aliphatic carbocycles. The van der Waals surface area contributed by atoms with Crippen molar-refractivity contribution < 1.29 is 19.2 Å². The molecule has 0 radical (unpaired) electrons. The highest BCUT2D eigenvalue weighted by Gasteiger charge is 2.31. The molecule has 0 saturated carbocycles. The molecule has 7 heteroatoms. The summed E-state index contributed by atoms with van der Waals surface area (Å²) in [5.74, 6) is -1.24. The third-order valence-corrected chi connectivity index (χ3v) is 4.32. The van der Waals surface area contributed by atoms with E-state index < -0.39 is 11.0 Å². The number of benzene rings is 2. The van der Waals surface area contributed by atoms with Crippen molar-refractivity contribution in [1.29, 1.82) is 0 Å². The van der Waals surface area contributed by atoms with Gasteiger partial charge in [0.15, 0.2) is 17.3 Å². The molecule has 1 aliphatic rings. The van der Waals surface area contributed by atoms with Gasteiger partial charge in [-0.25, -0.2) is 0 Å². The summed E-state index contributed by atoms with van der Waals surface area (Å²) in [5, 5.41) is -0.824. The van der Waals surface area contributed by atoms with Crippen molar-refractivity contribution in [1.82, 2.24) is 0 Å². The number of nitrogens with two attached hydrogens (primary N) is 2. The Morgan fingerprint density at radius 1 is 0.840 bits per heavy atom. The molecule has 2 aromatic rings. The maximum atomic E-state index is 13.0. The normalized spacial score (nSPS) is 13.5. The number of halogens is 1. The van der Waals surface area contributed by atoms with Gasteiger partial charge in [-0.15, -0.1) is 0 Å². The van der Waals surface area contributed by atoms with Gasteiger partial charge in [0.05, 0.1) is 5.56 Å². The van der Waals surface area contributed by atoms with E-state index in [1.165, 1.54) is 30.3 Å². The van der Waals surface area contributed by atoms with Crippen LogP contribution in [0.4, 0.5) is 11.4 Å². The van der Waals surface area contributed by atoms with E-state index in [0.29, 0.717) is 0 Å². The topological polar surface area (TPSA) is 120 Å². The summed E-state index contributed by atoms with van der Waals surface area (Å²) in [6.07, 6.45) is 0.0607. The van der Waals surface area contributed by atoms with Crippen LogP contribution in [0.25, 0.3) is 0 Å². The van der Waals surface area contributed by atoms with Crippen LogP contribution in [0.5, 0.6) is 0 Å². The van der Waals surface area contributed by atoms with Crippen LogP contribution in [0.2, 0.25) is 0 Å². The first-order valence-electron chi connectivity index (χ1n) is 7.44. The van der Waals surface area contributed by atoms with Crippen LogP contribution < -0.4 is 11.5 Å². The lowest BCUT2D eigenvalue weighted by Crippen LogP contribution is -2.23. The molecule has 6 nitrogen and oxygen atoms in total. The Bertz CT molecular complexity index is 966. The Morgan fingerprint density at radius 3 is 2.08 bits per heavy atom. The van der Waals surface area contributed by atoms with E-state index in [0.717, 1.165) is 0 Å². The zero-order valence-corrected chi connectivity index (χ0v) is 13.7. The fraction of sp³-hybridized carbons (Fsp3) is 0.111. The first-order valence-corrected chi connectivity index (χ1v) is 7.82. The van der Waals surface area contributed by atoms with Gasteiger partial charge in [0.2, 0.25) is 0 Å². The summed E-state index contributed by atoms with van der Waals surface area (Å²) in [4.78, 5) is 49.1. The van der Waals surface area contributed by atoms with Gasteiger partial charge in [-0.1, -0.05) is 0 Å². The van der Waals surface area contributed by atoms with Crippen LogP contribution in [-0.4, -0.2) is 22.6 Å². The highest BCUT2D eigenvalue weighted by atomic mass is 35.5. The highest BCUT2D eigenvalue weighted by Crippen LogP contribution is 2.31. The Labute approximate surface area is 147 Å². The molecule has 0 bridgehead atoms. The van der Waals surface area contributed by atoms with E-state index >= 15 is 0 Å². The number of rotatable bonds is 3. The second-order valence-electron chi connectivity index (χ2n) is 5.71. The predicted molar refractivity (Wildman–Crippen MR) is 93.2 cm³/mol. The molecule has 0 unspecified atom stereocenters. The van der Waals surface area contributed by atoms with Crippen LogP contribution in [0.3, 0.4) is 0 Å². The summed E-state index contributed by atoms with van der Waals surface area (Å²) >= 11 is 5.54. The van der Waals surface area contributed by atoms with Gasteiger partial charge in [0.1, 0.15) is 0 Å². The number of nitrogen functional groups attached to an aromatic ring is 2. The number of hydrogen-bond donors (Lipinski definition) is 2. The van der Waals surface area contributed by atoms with Crippen molar-refractivity contribution in [2.45, 2.75) is 12.8 Å². The van der Waals surface area contributed by atoms with Gasteiger partial charge in [-0.2, -0.15) is 0 Å². The fourth-order valence-electron chi connectivity index (χ4n) is 2.94. The smallest absolute Gasteiger partial charge is 0.253 e. The highest BCUT2D eigenvalue weighted by molar-refractivity contribution is 6.68. The van der Waals surface area contributed by atoms with Gasteiger partial charge in [0, 0.05) is 46.5 Å². The number of carbonyl (C=O) groups is 4. The van der Waals surface area contributed by atoms with E-state index in [1.807, 2.05) is 0 Å². The Hall–Kier alpha value is -2.99. The van der Waals surface area contributed by atoms with Crippen molar-refractivity contribution >= 4 is 45.6 Å². The minimum absolute atomic E-state index is 0.00311. The average molecular weight is 357 g/mol. The largest absolute Gasteiger partial charge is 0.399 e. The van der Waals surface area contributed by atoms with Crippen molar-refractivity contribution in [3.63, 3.8) is 0 Å². The monoisotopic (exact) mass is 356 g/mol. The molecule has 0 heterocycles. The first-order chi connectivity index (χ1) is 11.8. The maximum absolute atomic E-state index is 13.0. The number of Topliss-reactive ketones (excluding diaryl/α,β-unsaturated/α-hetero) is 2. The van der Waals surface area contributed by atoms with E-state index in [9.17, 15) is 19.2 Å². The Morgan fingerprint density at radius 2 is 1.44 bits per heavy atom. The molecule has 0 amide bonds. The quantitative estimate of drug-likeness (QED) is 0.495. The average Bonchev–Trinajstić information content (AvgIpc) is 2.57.